The van der Waals surface area contributed by atoms with Gasteiger partial charge in [-0.25, -0.2) is 14.5 Å². The summed E-state index contributed by atoms with van der Waals surface area (Å²) in [7, 11) is 0. The summed E-state index contributed by atoms with van der Waals surface area (Å²) in [5.41, 5.74) is 8.17. The molecule has 0 atom stereocenters. The van der Waals surface area contributed by atoms with E-state index in [1.807, 2.05) is 47.3 Å². The molecular formula is C47H40N6O2. The lowest BCUT2D eigenvalue weighted by atomic mass is 9.77. The molecule has 1 N–H and O–H groups in total. The quantitative estimate of drug-likeness (QED) is 0.119. The van der Waals surface area contributed by atoms with Crippen LogP contribution in [0.1, 0.15) is 58.2 Å². The minimum atomic E-state index is -0.950. The highest BCUT2D eigenvalue weighted by Gasteiger charge is 2.42. The number of aromatic carboxylic acids is 1. The Morgan fingerprint density at radius 3 is 1.87 bits per heavy atom. The van der Waals surface area contributed by atoms with E-state index in [9.17, 15) is 9.90 Å². The summed E-state index contributed by atoms with van der Waals surface area (Å²) in [6.07, 6.45) is 4.94. The van der Waals surface area contributed by atoms with Crippen molar-refractivity contribution in [3.8, 4) is 33.8 Å². The van der Waals surface area contributed by atoms with Crippen LogP contribution in [0, 0.1) is 0 Å². The number of aryl methyl sites for hydroxylation is 1. The Bertz CT molecular complexity index is 2430. The van der Waals surface area contributed by atoms with Gasteiger partial charge < -0.3 is 9.67 Å². The van der Waals surface area contributed by atoms with Gasteiger partial charge in [0, 0.05) is 30.3 Å². The second-order valence-electron chi connectivity index (χ2n) is 13.6. The van der Waals surface area contributed by atoms with Crippen molar-refractivity contribution in [1.82, 2.24) is 29.8 Å². The minimum Gasteiger partial charge on any atom is -0.478 e. The van der Waals surface area contributed by atoms with E-state index in [1.165, 1.54) is 0 Å². The first-order valence-corrected chi connectivity index (χ1v) is 18.6. The Balaban J connectivity index is 1.18. The normalized spacial score (nSPS) is 11.4. The average molecular weight is 721 g/mol. The third kappa shape index (κ3) is 6.86. The van der Waals surface area contributed by atoms with E-state index < -0.39 is 11.5 Å². The molecule has 0 bridgehead atoms. The maximum absolute atomic E-state index is 11.7. The van der Waals surface area contributed by atoms with Crippen molar-refractivity contribution in [3.63, 3.8) is 0 Å². The highest BCUT2D eigenvalue weighted by Crippen LogP contribution is 2.43. The van der Waals surface area contributed by atoms with Gasteiger partial charge in [0.2, 0.25) is 0 Å². The summed E-state index contributed by atoms with van der Waals surface area (Å²) in [6.45, 7) is 2.81. The fourth-order valence-corrected chi connectivity index (χ4v) is 7.48. The van der Waals surface area contributed by atoms with E-state index in [0.29, 0.717) is 12.4 Å². The molecule has 0 spiro atoms. The van der Waals surface area contributed by atoms with Crippen molar-refractivity contribution < 1.29 is 9.90 Å². The molecule has 2 aromatic heterocycles. The zero-order valence-corrected chi connectivity index (χ0v) is 30.5. The van der Waals surface area contributed by atoms with Crippen LogP contribution in [0.2, 0.25) is 0 Å². The van der Waals surface area contributed by atoms with Crippen LogP contribution in [-0.4, -0.2) is 40.8 Å². The summed E-state index contributed by atoms with van der Waals surface area (Å²) in [5, 5.41) is 23.4. The fourth-order valence-electron chi connectivity index (χ4n) is 7.48. The molecule has 0 saturated heterocycles. The maximum Gasteiger partial charge on any atom is 0.335 e. The summed E-state index contributed by atoms with van der Waals surface area (Å²) < 4.78 is 4.16. The smallest absolute Gasteiger partial charge is 0.335 e. The number of aromatic nitrogens is 6. The van der Waals surface area contributed by atoms with Crippen LogP contribution >= 0.6 is 0 Å². The highest BCUT2D eigenvalue weighted by molar-refractivity contribution is 5.89. The second kappa shape index (κ2) is 15.6. The van der Waals surface area contributed by atoms with Crippen molar-refractivity contribution in [3.05, 3.63) is 204 Å². The van der Waals surface area contributed by atoms with E-state index in [-0.39, 0.29) is 5.56 Å². The van der Waals surface area contributed by atoms with Gasteiger partial charge in [-0.3, -0.25) is 0 Å². The average Bonchev–Trinajstić information content (AvgIpc) is 3.90. The van der Waals surface area contributed by atoms with Gasteiger partial charge in [0.15, 0.2) is 5.82 Å². The van der Waals surface area contributed by atoms with Gasteiger partial charge in [-0.05, 0) is 62.4 Å². The van der Waals surface area contributed by atoms with E-state index in [1.54, 1.807) is 18.2 Å². The van der Waals surface area contributed by atoms with E-state index >= 15 is 0 Å². The summed E-state index contributed by atoms with van der Waals surface area (Å²) in [6, 6.07) is 55.2. The summed E-state index contributed by atoms with van der Waals surface area (Å²) in [4.78, 5) is 16.6. The first-order chi connectivity index (χ1) is 27.1. The molecule has 8 nitrogen and oxygen atoms in total. The molecule has 0 fully saturated rings. The fraction of sp³-hybridized carbons (Fsp3) is 0.128. The number of tetrazole rings is 1. The van der Waals surface area contributed by atoms with Crippen LogP contribution in [-0.2, 0) is 18.5 Å². The van der Waals surface area contributed by atoms with Gasteiger partial charge in [0.05, 0.1) is 11.3 Å². The SMILES string of the molecule is CCCCc1nc(-c2cccc(C(=O)O)c2)cn1Cc1ccc(-c2ccccc2-c2nnnn2C(c2ccccc2)(c2ccccc2)c2ccccc2)cc1. The molecule has 55 heavy (non-hydrogen) atoms. The lowest BCUT2D eigenvalue weighted by Crippen LogP contribution is -2.39. The molecule has 6 aromatic carbocycles. The molecule has 0 aliphatic rings. The van der Waals surface area contributed by atoms with Gasteiger partial charge in [0.1, 0.15) is 11.4 Å². The molecule has 0 aliphatic heterocycles. The number of hydrogen-bond donors (Lipinski definition) is 1. The number of carboxylic acid groups (broad SMARTS) is 1. The van der Waals surface area contributed by atoms with Crippen LogP contribution in [0.15, 0.2) is 170 Å². The van der Waals surface area contributed by atoms with Crippen molar-refractivity contribution in [2.24, 2.45) is 0 Å². The molecular weight excluding hydrogens is 681 g/mol. The summed E-state index contributed by atoms with van der Waals surface area (Å²) >= 11 is 0. The summed E-state index contributed by atoms with van der Waals surface area (Å²) in [5.74, 6) is 0.681. The van der Waals surface area contributed by atoms with Gasteiger partial charge >= 0.3 is 5.97 Å². The molecule has 0 aliphatic carbocycles. The molecule has 8 aromatic rings. The number of benzene rings is 6. The van der Waals surface area contributed by atoms with Crippen LogP contribution in [0.5, 0.6) is 0 Å². The van der Waals surface area contributed by atoms with Crippen molar-refractivity contribution in [1.29, 1.82) is 0 Å². The molecule has 2 heterocycles. The van der Waals surface area contributed by atoms with E-state index in [2.05, 4.69) is 126 Å². The topological polar surface area (TPSA) is 98.7 Å². The third-order valence-electron chi connectivity index (χ3n) is 10.2. The number of carboxylic acids is 1. The zero-order chi connectivity index (χ0) is 37.6. The minimum absolute atomic E-state index is 0.248. The number of carbonyl (C=O) groups is 1. The van der Waals surface area contributed by atoms with Gasteiger partial charge in [0.25, 0.3) is 0 Å². The standard InChI is InChI=1S/C47H40N6O2/c1-2-3-26-44-48-43(36-16-15-17-37(31-36)46(54)55)33-52(44)32-34-27-29-35(30-28-34)41-24-13-14-25-42(41)45-49-50-51-53(45)47(38-18-7-4-8-19-38,39-20-9-5-10-21-39)40-22-11-6-12-23-40/h4-25,27-31,33H,2-3,26,32H2,1H3,(H,54,55). The van der Waals surface area contributed by atoms with Gasteiger partial charge in [-0.1, -0.05) is 165 Å². The van der Waals surface area contributed by atoms with Gasteiger partial charge in [-0.15, -0.1) is 5.10 Å². The second-order valence-corrected chi connectivity index (χ2v) is 13.6. The van der Waals surface area contributed by atoms with Crippen molar-refractivity contribution >= 4 is 5.97 Å². The molecule has 0 unspecified atom stereocenters. The Labute approximate surface area is 320 Å². The van der Waals surface area contributed by atoms with Crippen LogP contribution in [0.3, 0.4) is 0 Å². The zero-order valence-electron chi connectivity index (χ0n) is 30.5. The predicted octanol–water partition coefficient (Wildman–Crippen LogP) is 9.80. The Kier molecular flexibility index (Phi) is 9.95. The number of nitrogens with zero attached hydrogens (tertiary/aromatic N) is 6. The number of unbranched alkanes of at least 4 members (excludes halogenated alkanes) is 1. The molecule has 8 heteroatoms. The number of imidazole rings is 1. The molecule has 270 valence electrons. The Morgan fingerprint density at radius 2 is 1.27 bits per heavy atom. The number of hydrogen-bond acceptors (Lipinski definition) is 5. The van der Waals surface area contributed by atoms with E-state index in [0.717, 1.165) is 75.3 Å². The highest BCUT2D eigenvalue weighted by atomic mass is 16.4. The molecule has 8 rings (SSSR count). The largest absolute Gasteiger partial charge is 0.478 e. The third-order valence-corrected chi connectivity index (χ3v) is 10.2. The number of rotatable bonds is 13. The van der Waals surface area contributed by atoms with Crippen molar-refractivity contribution in [2.45, 2.75) is 38.3 Å². The molecule has 0 saturated carbocycles. The van der Waals surface area contributed by atoms with Crippen LogP contribution < -0.4 is 0 Å². The van der Waals surface area contributed by atoms with Crippen LogP contribution in [0.4, 0.5) is 0 Å². The maximum atomic E-state index is 11.7. The molecule has 0 amide bonds. The lowest BCUT2D eigenvalue weighted by molar-refractivity contribution is 0.0697. The monoisotopic (exact) mass is 720 g/mol. The predicted molar refractivity (Wildman–Crippen MR) is 216 cm³/mol. The first kappa shape index (κ1) is 35.1. The van der Waals surface area contributed by atoms with Crippen LogP contribution in [0.25, 0.3) is 33.8 Å². The lowest BCUT2D eigenvalue weighted by Gasteiger charge is -2.36. The van der Waals surface area contributed by atoms with Crippen molar-refractivity contribution in [2.75, 3.05) is 0 Å². The molecule has 0 radical (unpaired) electrons. The van der Waals surface area contributed by atoms with Gasteiger partial charge in [-0.2, -0.15) is 0 Å². The Morgan fingerprint density at radius 1 is 0.673 bits per heavy atom. The first-order valence-electron chi connectivity index (χ1n) is 18.6. The van der Waals surface area contributed by atoms with E-state index in [4.69, 9.17) is 15.3 Å². The Hall–Kier alpha value is -6.93.